The molecule has 48 heavy (non-hydrogen) atoms. The number of hydrogen-bond acceptors (Lipinski definition) is 9. The van der Waals surface area contributed by atoms with Gasteiger partial charge in [0.15, 0.2) is 5.82 Å². The Kier molecular flexibility index (Phi) is 8.36. The largest absolute Gasteiger partial charge is 0.444 e. The SMILES string of the molecule is Cc1cc(C(F)(F)F)cc(N2C(=O)C[C@@H]3CN(Cc4nc([C@H]5CCCN5C(=O)OC(C)(C)C)no4)c4c(C)cccc4N(C)C(=O)[C@H]32)n1. The molecule has 0 saturated carbocycles. The molecule has 12 nitrogen and oxygen atoms in total. The number of pyridine rings is 1. The van der Waals surface area contributed by atoms with Crippen LogP contribution < -0.4 is 14.7 Å². The van der Waals surface area contributed by atoms with E-state index in [1.165, 1.54) is 11.8 Å². The molecule has 3 amide bonds. The van der Waals surface area contributed by atoms with Gasteiger partial charge in [-0.15, -0.1) is 0 Å². The van der Waals surface area contributed by atoms with Gasteiger partial charge in [-0.2, -0.15) is 18.2 Å². The van der Waals surface area contributed by atoms with Crippen LogP contribution in [0.15, 0.2) is 34.9 Å². The molecule has 0 aliphatic carbocycles. The second kappa shape index (κ2) is 12.1. The molecule has 0 radical (unpaired) electrons. The lowest BCUT2D eigenvalue weighted by Crippen LogP contribution is -2.52. The maximum Gasteiger partial charge on any atom is 0.416 e. The van der Waals surface area contributed by atoms with Crippen molar-refractivity contribution in [1.29, 1.82) is 0 Å². The summed E-state index contributed by atoms with van der Waals surface area (Å²) in [6, 6.07) is 5.69. The van der Waals surface area contributed by atoms with Crippen LogP contribution in [0.1, 0.15) is 74.6 Å². The van der Waals surface area contributed by atoms with Gasteiger partial charge in [-0.25, -0.2) is 9.78 Å². The number of rotatable bonds is 4. The van der Waals surface area contributed by atoms with Crippen molar-refractivity contribution in [2.24, 2.45) is 5.92 Å². The fraction of sp³-hybridized carbons (Fsp3) is 0.515. The first-order valence-corrected chi connectivity index (χ1v) is 15.8. The number of halogens is 3. The number of nitrogens with zero attached hydrogens (tertiary/aromatic N) is 7. The normalized spacial score (nSPS) is 21.7. The Balaban J connectivity index is 1.34. The van der Waals surface area contributed by atoms with Crippen molar-refractivity contribution in [3.8, 4) is 0 Å². The number of fused-ring (bicyclic) bond motifs is 2. The number of likely N-dealkylation sites (N-methyl/N-ethyl adjacent to an activating group) is 1. The average Bonchev–Trinajstić information content (AvgIpc) is 3.72. The molecule has 1 aromatic carbocycles. The number of carbonyl (C=O) groups excluding carboxylic acids is 3. The number of benzene rings is 1. The first-order chi connectivity index (χ1) is 22.5. The Morgan fingerprint density at radius 1 is 1.10 bits per heavy atom. The fourth-order valence-corrected chi connectivity index (χ4v) is 6.85. The Morgan fingerprint density at radius 3 is 2.56 bits per heavy atom. The molecule has 5 heterocycles. The van der Waals surface area contributed by atoms with Crippen LogP contribution >= 0.6 is 0 Å². The van der Waals surface area contributed by atoms with Gasteiger partial charge in [-0.3, -0.25) is 19.4 Å². The van der Waals surface area contributed by atoms with Crippen LogP contribution in [0.4, 0.5) is 35.2 Å². The molecule has 2 saturated heterocycles. The highest BCUT2D eigenvalue weighted by Gasteiger charge is 2.49. The van der Waals surface area contributed by atoms with Crippen LogP contribution in [-0.4, -0.2) is 69.7 Å². The zero-order valence-electron chi connectivity index (χ0n) is 27.7. The highest BCUT2D eigenvalue weighted by molar-refractivity contribution is 6.10. The molecule has 15 heteroatoms. The van der Waals surface area contributed by atoms with Gasteiger partial charge in [0.1, 0.15) is 17.5 Å². The Morgan fingerprint density at radius 2 is 1.85 bits per heavy atom. The summed E-state index contributed by atoms with van der Waals surface area (Å²) in [5, 5.41) is 4.22. The lowest BCUT2D eigenvalue weighted by molar-refractivity contribution is -0.137. The maximum atomic E-state index is 14.1. The van der Waals surface area contributed by atoms with E-state index in [0.717, 1.165) is 34.7 Å². The number of hydrogen-bond donors (Lipinski definition) is 0. The highest BCUT2D eigenvalue weighted by Crippen LogP contribution is 2.42. The zero-order valence-corrected chi connectivity index (χ0v) is 27.7. The molecule has 3 aliphatic rings. The van der Waals surface area contributed by atoms with E-state index < -0.39 is 53.2 Å². The Hall–Kier alpha value is -4.69. The second-order valence-electron chi connectivity index (χ2n) is 13.6. The molecule has 0 unspecified atom stereocenters. The van der Waals surface area contributed by atoms with Crippen LogP contribution in [-0.2, 0) is 27.0 Å². The third-order valence-corrected chi connectivity index (χ3v) is 8.87. The van der Waals surface area contributed by atoms with Crippen molar-refractivity contribution < 1.29 is 36.8 Å². The summed E-state index contributed by atoms with van der Waals surface area (Å²) in [5.41, 5.74) is 0.594. The first kappa shape index (κ1) is 33.2. The van der Waals surface area contributed by atoms with Crippen LogP contribution in [0, 0.1) is 19.8 Å². The van der Waals surface area contributed by atoms with Crippen molar-refractivity contribution in [2.45, 2.75) is 84.3 Å². The van der Waals surface area contributed by atoms with E-state index in [1.807, 2.05) is 17.9 Å². The number of carbonyl (C=O) groups is 3. The number of amides is 3. The minimum absolute atomic E-state index is 0.0741. The molecule has 0 spiro atoms. The van der Waals surface area contributed by atoms with Crippen LogP contribution in [0.2, 0.25) is 0 Å². The molecule has 3 atom stereocenters. The van der Waals surface area contributed by atoms with Crippen molar-refractivity contribution in [3.63, 3.8) is 0 Å². The lowest BCUT2D eigenvalue weighted by Gasteiger charge is -2.39. The summed E-state index contributed by atoms with van der Waals surface area (Å²) in [7, 11) is 1.59. The molecular weight excluding hydrogens is 631 g/mol. The predicted octanol–water partition coefficient (Wildman–Crippen LogP) is 5.58. The topological polar surface area (TPSA) is 125 Å². The second-order valence-corrected chi connectivity index (χ2v) is 13.6. The number of aromatic nitrogens is 3. The quantitative estimate of drug-likeness (QED) is 0.350. The average molecular weight is 670 g/mol. The number of alkyl halides is 3. The molecule has 2 fully saturated rings. The van der Waals surface area contributed by atoms with E-state index in [-0.39, 0.29) is 36.9 Å². The number of aryl methyl sites for hydroxylation is 2. The number of likely N-dealkylation sites (tertiary alicyclic amines) is 1. The fourth-order valence-electron chi connectivity index (χ4n) is 6.85. The van der Waals surface area contributed by atoms with Gasteiger partial charge in [-0.1, -0.05) is 17.3 Å². The smallest absolute Gasteiger partial charge is 0.416 e. The number of ether oxygens (including phenoxy) is 1. The van der Waals surface area contributed by atoms with Gasteiger partial charge in [0, 0.05) is 38.2 Å². The minimum Gasteiger partial charge on any atom is -0.444 e. The summed E-state index contributed by atoms with van der Waals surface area (Å²) in [4.78, 5) is 55.6. The maximum absolute atomic E-state index is 14.1. The van der Waals surface area contributed by atoms with Crippen molar-refractivity contribution in [3.05, 3.63) is 58.9 Å². The van der Waals surface area contributed by atoms with Gasteiger partial charge >= 0.3 is 12.3 Å². The summed E-state index contributed by atoms with van der Waals surface area (Å²) in [5.74, 6) is -1.13. The molecule has 3 aliphatic heterocycles. The van der Waals surface area contributed by atoms with Crippen LogP contribution in [0.3, 0.4) is 0 Å². The lowest BCUT2D eigenvalue weighted by atomic mass is 9.95. The standard InChI is InChI=1S/C33H38F3N7O5/c1-18-9-7-10-22-27(18)41(17-25-38-29(39-48-25)23-11-8-12-42(23)31(46)47-32(3,4)5)16-20-14-26(44)43(28(20)30(45)40(22)6)24-15-21(33(34,35)36)13-19(2)37-24/h7,9-10,13,15,20,23,28H,8,11-12,14,16-17H2,1-6H3/t20-,23-,28+/m1/s1. The molecule has 6 rings (SSSR count). The Bertz CT molecular complexity index is 1750. The third-order valence-electron chi connectivity index (χ3n) is 8.87. The van der Waals surface area contributed by atoms with Gasteiger partial charge in [-0.05, 0) is 71.2 Å². The van der Waals surface area contributed by atoms with E-state index in [9.17, 15) is 27.6 Å². The summed E-state index contributed by atoms with van der Waals surface area (Å²) in [6.07, 6.45) is -3.81. The van der Waals surface area contributed by atoms with Gasteiger partial charge < -0.3 is 19.1 Å². The van der Waals surface area contributed by atoms with Crippen LogP contribution in [0.5, 0.6) is 0 Å². The highest BCUT2D eigenvalue weighted by atomic mass is 19.4. The Labute approximate surface area is 275 Å². The molecule has 256 valence electrons. The molecule has 2 aromatic heterocycles. The van der Waals surface area contributed by atoms with E-state index >= 15 is 0 Å². The van der Waals surface area contributed by atoms with Crippen molar-refractivity contribution in [1.82, 2.24) is 20.0 Å². The van der Waals surface area contributed by atoms with Crippen molar-refractivity contribution >= 4 is 35.1 Å². The van der Waals surface area contributed by atoms with Crippen LogP contribution in [0.25, 0.3) is 0 Å². The first-order valence-electron chi connectivity index (χ1n) is 15.8. The molecular formula is C33H38F3N7O5. The summed E-state index contributed by atoms with van der Waals surface area (Å²) >= 11 is 0. The molecule has 0 bridgehead atoms. The van der Waals surface area contributed by atoms with Gasteiger partial charge in [0.2, 0.25) is 17.7 Å². The van der Waals surface area contributed by atoms with E-state index in [4.69, 9.17) is 9.26 Å². The van der Waals surface area contributed by atoms with E-state index in [1.54, 1.807) is 44.9 Å². The van der Waals surface area contributed by atoms with Gasteiger partial charge in [0.25, 0.3) is 0 Å². The number of para-hydroxylation sites is 1. The molecule has 3 aromatic rings. The summed E-state index contributed by atoms with van der Waals surface area (Å²) in [6.45, 7) is 9.52. The third kappa shape index (κ3) is 6.29. The number of anilines is 3. The van der Waals surface area contributed by atoms with E-state index in [2.05, 4.69) is 15.1 Å². The van der Waals surface area contributed by atoms with Crippen molar-refractivity contribution in [2.75, 3.05) is 34.8 Å². The van der Waals surface area contributed by atoms with Gasteiger partial charge in [0.05, 0.1) is 29.5 Å². The predicted molar refractivity (Wildman–Crippen MR) is 168 cm³/mol. The van der Waals surface area contributed by atoms with E-state index in [0.29, 0.717) is 24.5 Å². The minimum atomic E-state index is -4.66. The summed E-state index contributed by atoms with van der Waals surface area (Å²) < 4.78 is 52.6. The molecule has 0 N–H and O–H groups in total. The zero-order chi connectivity index (χ0) is 34.7. The monoisotopic (exact) mass is 669 g/mol.